The van der Waals surface area contributed by atoms with Gasteiger partial charge in [0.25, 0.3) is 0 Å². The number of alkyl carbamates (subject to hydrolysis) is 1. The predicted molar refractivity (Wildman–Crippen MR) is 123 cm³/mol. The number of hydrogen-bond donors (Lipinski definition) is 3. The number of aromatic nitrogens is 2. The van der Waals surface area contributed by atoms with Crippen LogP contribution in [0.2, 0.25) is 0 Å². The van der Waals surface area contributed by atoms with Crippen molar-refractivity contribution in [3.63, 3.8) is 0 Å². The van der Waals surface area contributed by atoms with Gasteiger partial charge >= 0.3 is 12.1 Å². The van der Waals surface area contributed by atoms with E-state index in [1.165, 1.54) is 10.9 Å². The lowest BCUT2D eigenvalue weighted by atomic mass is 9.98. The van der Waals surface area contributed by atoms with Crippen LogP contribution >= 0.6 is 0 Å². The smallest absolute Gasteiger partial charge is 0.408 e. The van der Waals surface area contributed by atoms with Gasteiger partial charge in [0.2, 0.25) is 5.91 Å². The van der Waals surface area contributed by atoms with Crippen molar-refractivity contribution in [1.82, 2.24) is 20.4 Å². The first-order chi connectivity index (χ1) is 16.4. The molecule has 3 aromatic rings. The van der Waals surface area contributed by atoms with E-state index in [9.17, 15) is 14.4 Å². The maximum absolute atomic E-state index is 12.7. The summed E-state index contributed by atoms with van der Waals surface area (Å²) in [6.07, 6.45) is 2.29. The first-order valence-corrected chi connectivity index (χ1v) is 10.5. The molecule has 0 radical (unpaired) electrons. The van der Waals surface area contributed by atoms with Gasteiger partial charge in [-0.05, 0) is 22.3 Å². The SMILES string of the molecule is Cn1cc(C(NC(=O)OCC2c3ccccc3-c3ccccc32)C(=O)NCC#CC(=O)O)cn1. The van der Waals surface area contributed by atoms with Crippen LogP contribution in [0, 0.1) is 11.8 Å². The van der Waals surface area contributed by atoms with E-state index in [0.29, 0.717) is 5.56 Å². The Bertz CT molecular complexity index is 1260. The van der Waals surface area contributed by atoms with Crippen LogP contribution in [0.4, 0.5) is 4.79 Å². The zero-order valence-electron chi connectivity index (χ0n) is 18.3. The molecule has 0 saturated carbocycles. The molecule has 0 bridgehead atoms. The van der Waals surface area contributed by atoms with Crippen LogP contribution in [0.25, 0.3) is 11.1 Å². The summed E-state index contributed by atoms with van der Waals surface area (Å²) in [6, 6.07) is 14.9. The average molecular weight is 458 g/mol. The number of hydrogen-bond acceptors (Lipinski definition) is 5. The lowest BCUT2D eigenvalue weighted by molar-refractivity contribution is -0.130. The van der Waals surface area contributed by atoms with Gasteiger partial charge in [0.15, 0.2) is 0 Å². The number of carboxylic acid groups (broad SMARTS) is 1. The third kappa shape index (κ3) is 4.91. The first kappa shape index (κ1) is 22.6. The third-order valence-corrected chi connectivity index (χ3v) is 5.47. The second-order valence-corrected chi connectivity index (χ2v) is 7.67. The zero-order chi connectivity index (χ0) is 24.1. The molecule has 0 saturated heterocycles. The Hall–Kier alpha value is -4.58. The summed E-state index contributed by atoms with van der Waals surface area (Å²) in [5, 5.41) is 17.7. The number of benzene rings is 2. The number of ether oxygens (including phenoxy) is 1. The number of rotatable bonds is 6. The van der Waals surface area contributed by atoms with Crippen LogP contribution in [-0.2, 0) is 21.4 Å². The highest BCUT2D eigenvalue weighted by Crippen LogP contribution is 2.44. The summed E-state index contributed by atoms with van der Waals surface area (Å²) in [4.78, 5) is 35.9. The number of carboxylic acids is 1. The van der Waals surface area contributed by atoms with Gasteiger partial charge in [0, 0.05) is 30.6 Å². The number of amides is 2. The van der Waals surface area contributed by atoms with Crippen molar-refractivity contribution in [1.29, 1.82) is 0 Å². The normalized spacial score (nSPS) is 12.5. The van der Waals surface area contributed by atoms with Crippen LogP contribution in [0.3, 0.4) is 0 Å². The molecule has 1 aliphatic carbocycles. The fraction of sp³-hybridized carbons (Fsp3) is 0.200. The number of carbonyl (C=O) groups excluding carboxylic acids is 2. The second kappa shape index (κ2) is 9.92. The van der Waals surface area contributed by atoms with E-state index in [2.05, 4.69) is 21.7 Å². The van der Waals surface area contributed by atoms with Crippen LogP contribution in [0.5, 0.6) is 0 Å². The van der Waals surface area contributed by atoms with E-state index in [0.717, 1.165) is 22.3 Å². The molecule has 1 unspecified atom stereocenters. The minimum absolute atomic E-state index is 0.103. The van der Waals surface area contributed by atoms with Gasteiger partial charge < -0.3 is 20.5 Å². The summed E-state index contributed by atoms with van der Waals surface area (Å²) in [6.45, 7) is -0.0837. The molecule has 1 heterocycles. The summed E-state index contributed by atoms with van der Waals surface area (Å²) in [5.41, 5.74) is 4.83. The Balaban J connectivity index is 1.45. The number of aryl methyl sites for hydroxylation is 1. The summed E-state index contributed by atoms with van der Waals surface area (Å²) in [7, 11) is 1.68. The number of aliphatic carboxylic acids is 1. The van der Waals surface area contributed by atoms with Gasteiger partial charge in [0.05, 0.1) is 12.7 Å². The van der Waals surface area contributed by atoms with E-state index in [1.54, 1.807) is 13.2 Å². The molecular weight excluding hydrogens is 436 g/mol. The molecule has 1 aromatic heterocycles. The van der Waals surface area contributed by atoms with Crippen molar-refractivity contribution >= 4 is 18.0 Å². The molecular formula is C25H22N4O5. The van der Waals surface area contributed by atoms with Crippen LogP contribution in [-0.4, -0.2) is 46.0 Å². The van der Waals surface area contributed by atoms with Crippen LogP contribution < -0.4 is 10.6 Å². The molecule has 1 atom stereocenters. The molecule has 4 rings (SSSR count). The lowest BCUT2D eigenvalue weighted by Crippen LogP contribution is -2.41. The quantitative estimate of drug-likeness (QED) is 0.487. The monoisotopic (exact) mass is 458 g/mol. The van der Waals surface area contributed by atoms with Gasteiger partial charge in [-0.15, -0.1) is 0 Å². The van der Waals surface area contributed by atoms with Crippen LogP contribution in [0.15, 0.2) is 60.9 Å². The van der Waals surface area contributed by atoms with Gasteiger partial charge in [-0.2, -0.15) is 5.10 Å². The molecule has 0 aliphatic heterocycles. The largest absolute Gasteiger partial charge is 0.472 e. The zero-order valence-corrected chi connectivity index (χ0v) is 18.3. The summed E-state index contributed by atoms with van der Waals surface area (Å²) in [5.74, 6) is 2.25. The predicted octanol–water partition coefficient (Wildman–Crippen LogP) is 2.20. The minimum atomic E-state index is -1.30. The third-order valence-electron chi connectivity index (χ3n) is 5.47. The van der Waals surface area contributed by atoms with E-state index in [-0.39, 0.29) is 19.1 Å². The number of carbonyl (C=O) groups is 3. The van der Waals surface area contributed by atoms with E-state index < -0.39 is 24.0 Å². The summed E-state index contributed by atoms with van der Waals surface area (Å²) < 4.78 is 7.04. The Morgan fingerprint density at radius 3 is 2.35 bits per heavy atom. The van der Waals surface area contributed by atoms with Crippen molar-refractivity contribution in [2.24, 2.45) is 7.05 Å². The Morgan fingerprint density at radius 1 is 1.12 bits per heavy atom. The molecule has 1 aliphatic rings. The fourth-order valence-electron chi connectivity index (χ4n) is 4.00. The van der Waals surface area contributed by atoms with Gasteiger partial charge in [-0.25, -0.2) is 9.59 Å². The van der Waals surface area contributed by atoms with Crippen molar-refractivity contribution in [2.75, 3.05) is 13.2 Å². The highest BCUT2D eigenvalue weighted by Gasteiger charge is 2.30. The molecule has 34 heavy (non-hydrogen) atoms. The molecule has 9 heteroatoms. The molecule has 2 aromatic carbocycles. The maximum Gasteiger partial charge on any atom is 0.408 e. The van der Waals surface area contributed by atoms with Gasteiger partial charge in [0.1, 0.15) is 12.6 Å². The van der Waals surface area contributed by atoms with E-state index in [1.807, 2.05) is 54.5 Å². The molecule has 3 N–H and O–H groups in total. The van der Waals surface area contributed by atoms with E-state index in [4.69, 9.17) is 9.84 Å². The topological polar surface area (TPSA) is 123 Å². The van der Waals surface area contributed by atoms with Crippen molar-refractivity contribution < 1.29 is 24.2 Å². The number of nitrogens with one attached hydrogen (secondary N) is 2. The minimum Gasteiger partial charge on any atom is -0.472 e. The molecule has 2 amide bonds. The Kier molecular flexibility index (Phi) is 6.59. The molecule has 0 fully saturated rings. The van der Waals surface area contributed by atoms with Gasteiger partial charge in [-0.1, -0.05) is 54.5 Å². The first-order valence-electron chi connectivity index (χ1n) is 10.5. The van der Waals surface area contributed by atoms with E-state index >= 15 is 0 Å². The summed E-state index contributed by atoms with van der Waals surface area (Å²) >= 11 is 0. The average Bonchev–Trinajstić information content (AvgIpc) is 3.40. The Labute approximate surface area is 195 Å². The molecule has 172 valence electrons. The lowest BCUT2D eigenvalue weighted by Gasteiger charge is -2.18. The number of fused-ring (bicyclic) bond motifs is 3. The highest BCUT2D eigenvalue weighted by atomic mass is 16.5. The highest BCUT2D eigenvalue weighted by molar-refractivity contribution is 5.88. The van der Waals surface area contributed by atoms with Crippen molar-refractivity contribution in [2.45, 2.75) is 12.0 Å². The van der Waals surface area contributed by atoms with Crippen molar-refractivity contribution in [3.8, 4) is 23.0 Å². The van der Waals surface area contributed by atoms with Gasteiger partial charge in [-0.3, -0.25) is 9.48 Å². The van der Waals surface area contributed by atoms with Crippen molar-refractivity contribution in [3.05, 3.63) is 77.6 Å². The van der Waals surface area contributed by atoms with Crippen LogP contribution in [0.1, 0.15) is 28.7 Å². The standard InChI is InChI=1S/C25H22N4O5/c1-29-14-16(13-27-29)23(24(32)26-12-6-11-22(30)31)28-25(33)34-15-21-19-9-4-2-7-17(19)18-8-3-5-10-20(18)21/h2-5,7-10,13-14,21,23H,12,15H2,1H3,(H,26,32)(H,28,33)(H,30,31). The fourth-order valence-corrected chi connectivity index (χ4v) is 4.00. The Morgan fingerprint density at radius 2 is 1.76 bits per heavy atom. The molecule has 9 nitrogen and oxygen atoms in total. The molecule has 0 spiro atoms. The second-order valence-electron chi connectivity index (χ2n) is 7.67. The maximum atomic E-state index is 12.7. The number of nitrogens with zero attached hydrogens (tertiary/aromatic N) is 2.